The zero-order chi connectivity index (χ0) is 20.5. The molecule has 1 atom stereocenters. The van der Waals surface area contributed by atoms with Crippen molar-refractivity contribution >= 4 is 29.9 Å². The van der Waals surface area contributed by atoms with E-state index in [1.807, 2.05) is 45.3 Å². The third-order valence-corrected chi connectivity index (χ3v) is 4.34. The van der Waals surface area contributed by atoms with Crippen molar-refractivity contribution in [2.45, 2.75) is 19.5 Å². The molecule has 2 rings (SSSR count). The van der Waals surface area contributed by atoms with Gasteiger partial charge in [-0.25, -0.2) is 13.8 Å². The van der Waals surface area contributed by atoms with Gasteiger partial charge in [-0.1, -0.05) is 18.2 Å². The minimum Gasteiger partial charge on any atom is -0.496 e. The second-order valence-corrected chi connectivity index (χ2v) is 6.53. The first-order chi connectivity index (χ1) is 13.5. The van der Waals surface area contributed by atoms with Crippen molar-refractivity contribution in [2.24, 2.45) is 4.99 Å². The summed E-state index contributed by atoms with van der Waals surface area (Å²) in [7, 11) is 5.63. The van der Waals surface area contributed by atoms with Gasteiger partial charge in [0.1, 0.15) is 17.4 Å². The number of hydrogen-bond donors (Lipinski definition) is 2. The molecule has 160 valence electrons. The van der Waals surface area contributed by atoms with E-state index in [0.717, 1.165) is 23.4 Å². The number of hydrogen-bond acceptors (Lipinski definition) is 3. The van der Waals surface area contributed by atoms with Gasteiger partial charge >= 0.3 is 0 Å². The van der Waals surface area contributed by atoms with E-state index in [-0.39, 0.29) is 42.1 Å². The standard InChI is InChI=1S/C21H28F2N4O.HI/c1-5-24-21(25-13-15-12-16(22)10-11-18(15)23)26-14-19(27(2)3)17-8-6-7-9-20(17)28-4;/h6-12,19H,5,13-14H2,1-4H3,(H2,24,25,26);1H. The fourth-order valence-electron chi connectivity index (χ4n) is 2.88. The lowest BCUT2D eigenvalue weighted by Crippen LogP contribution is -2.41. The molecule has 0 aromatic heterocycles. The average molecular weight is 518 g/mol. The lowest BCUT2D eigenvalue weighted by atomic mass is 10.0. The van der Waals surface area contributed by atoms with Crippen molar-refractivity contribution in [3.63, 3.8) is 0 Å². The molecule has 2 aromatic rings. The fourth-order valence-corrected chi connectivity index (χ4v) is 2.88. The van der Waals surface area contributed by atoms with Gasteiger partial charge in [0.25, 0.3) is 0 Å². The Labute approximate surface area is 188 Å². The summed E-state index contributed by atoms with van der Waals surface area (Å²) in [6.45, 7) is 3.20. The number of aliphatic imine (C=N–C) groups is 1. The smallest absolute Gasteiger partial charge is 0.191 e. The van der Waals surface area contributed by atoms with Gasteiger partial charge in [0.2, 0.25) is 0 Å². The van der Waals surface area contributed by atoms with Crippen LogP contribution in [0.5, 0.6) is 5.75 Å². The van der Waals surface area contributed by atoms with E-state index in [0.29, 0.717) is 19.0 Å². The lowest BCUT2D eigenvalue weighted by Gasteiger charge is -2.27. The van der Waals surface area contributed by atoms with Gasteiger partial charge in [0.05, 0.1) is 19.7 Å². The van der Waals surface area contributed by atoms with Crippen LogP contribution < -0.4 is 15.4 Å². The number of para-hydroxylation sites is 1. The quantitative estimate of drug-likeness (QED) is 0.316. The van der Waals surface area contributed by atoms with Crippen LogP contribution in [0.1, 0.15) is 24.1 Å². The molecule has 1 unspecified atom stereocenters. The highest BCUT2D eigenvalue weighted by molar-refractivity contribution is 14.0. The third-order valence-electron chi connectivity index (χ3n) is 4.34. The molecule has 0 aliphatic carbocycles. The zero-order valence-corrected chi connectivity index (χ0v) is 19.5. The first-order valence-corrected chi connectivity index (χ1v) is 9.21. The SMILES string of the molecule is CCNC(=NCc1cc(F)ccc1F)NCC(c1ccccc1OC)N(C)C.I. The number of benzene rings is 2. The summed E-state index contributed by atoms with van der Waals surface area (Å²) >= 11 is 0. The van der Waals surface area contributed by atoms with Gasteiger partial charge in [-0.2, -0.15) is 0 Å². The van der Waals surface area contributed by atoms with Gasteiger partial charge in [0, 0.05) is 24.2 Å². The van der Waals surface area contributed by atoms with Gasteiger partial charge in [-0.3, -0.25) is 0 Å². The van der Waals surface area contributed by atoms with Gasteiger partial charge in [0.15, 0.2) is 5.96 Å². The van der Waals surface area contributed by atoms with Crippen molar-refractivity contribution in [1.29, 1.82) is 0 Å². The molecule has 0 saturated carbocycles. The zero-order valence-electron chi connectivity index (χ0n) is 17.2. The van der Waals surface area contributed by atoms with Gasteiger partial charge < -0.3 is 20.3 Å². The predicted octanol–water partition coefficient (Wildman–Crippen LogP) is 3.95. The molecule has 0 amide bonds. The molecule has 2 aromatic carbocycles. The van der Waals surface area contributed by atoms with Crippen LogP contribution in [0.2, 0.25) is 0 Å². The largest absolute Gasteiger partial charge is 0.496 e. The maximum absolute atomic E-state index is 13.8. The number of rotatable bonds is 8. The summed E-state index contributed by atoms with van der Waals surface area (Å²) in [4.78, 5) is 6.48. The van der Waals surface area contributed by atoms with E-state index < -0.39 is 11.6 Å². The Kier molecular flexibility index (Phi) is 10.9. The van der Waals surface area contributed by atoms with Crippen LogP contribution in [-0.4, -0.2) is 45.2 Å². The summed E-state index contributed by atoms with van der Waals surface area (Å²) < 4.78 is 32.7. The minimum atomic E-state index is -0.478. The summed E-state index contributed by atoms with van der Waals surface area (Å²) in [5, 5.41) is 6.42. The summed E-state index contributed by atoms with van der Waals surface area (Å²) in [5.41, 5.74) is 1.26. The highest BCUT2D eigenvalue weighted by Gasteiger charge is 2.18. The van der Waals surface area contributed by atoms with E-state index in [4.69, 9.17) is 4.74 Å². The Balaban J connectivity index is 0.00000420. The summed E-state index contributed by atoms with van der Waals surface area (Å²) in [6.07, 6.45) is 0. The van der Waals surface area contributed by atoms with Crippen molar-refractivity contribution in [3.05, 3.63) is 65.2 Å². The highest BCUT2D eigenvalue weighted by Crippen LogP contribution is 2.27. The number of ether oxygens (including phenoxy) is 1. The monoisotopic (exact) mass is 518 g/mol. The van der Waals surface area contributed by atoms with Crippen LogP contribution in [0.15, 0.2) is 47.5 Å². The molecule has 0 radical (unpaired) electrons. The predicted molar refractivity (Wildman–Crippen MR) is 124 cm³/mol. The molecule has 29 heavy (non-hydrogen) atoms. The molecular weight excluding hydrogens is 489 g/mol. The molecule has 0 aliphatic heterocycles. The first kappa shape index (κ1) is 25.1. The van der Waals surface area contributed by atoms with Crippen molar-refractivity contribution < 1.29 is 13.5 Å². The molecule has 0 spiro atoms. The second-order valence-electron chi connectivity index (χ2n) is 6.53. The van der Waals surface area contributed by atoms with Crippen molar-refractivity contribution in [2.75, 3.05) is 34.3 Å². The van der Waals surface area contributed by atoms with E-state index in [9.17, 15) is 8.78 Å². The summed E-state index contributed by atoms with van der Waals surface area (Å²) in [6, 6.07) is 11.3. The van der Waals surface area contributed by atoms with Crippen LogP contribution in [0.4, 0.5) is 8.78 Å². The Morgan fingerprint density at radius 2 is 1.86 bits per heavy atom. The van der Waals surface area contributed by atoms with Crippen LogP contribution in [0.3, 0.4) is 0 Å². The fraction of sp³-hybridized carbons (Fsp3) is 0.381. The number of methoxy groups -OCH3 is 1. The van der Waals surface area contributed by atoms with Gasteiger partial charge in [-0.05, 0) is 45.3 Å². The van der Waals surface area contributed by atoms with E-state index in [1.54, 1.807) is 7.11 Å². The van der Waals surface area contributed by atoms with Crippen LogP contribution in [-0.2, 0) is 6.54 Å². The topological polar surface area (TPSA) is 48.9 Å². The first-order valence-electron chi connectivity index (χ1n) is 9.21. The molecule has 0 saturated heterocycles. The molecule has 0 aliphatic rings. The molecule has 2 N–H and O–H groups in total. The Morgan fingerprint density at radius 1 is 1.14 bits per heavy atom. The van der Waals surface area contributed by atoms with Crippen LogP contribution in [0.25, 0.3) is 0 Å². The Morgan fingerprint density at radius 3 is 2.52 bits per heavy atom. The maximum atomic E-state index is 13.8. The van der Waals surface area contributed by atoms with E-state index >= 15 is 0 Å². The van der Waals surface area contributed by atoms with Crippen molar-refractivity contribution in [3.8, 4) is 5.75 Å². The van der Waals surface area contributed by atoms with E-state index in [1.165, 1.54) is 6.07 Å². The van der Waals surface area contributed by atoms with Gasteiger partial charge in [-0.15, -0.1) is 24.0 Å². The number of nitrogens with zero attached hydrogens (tertiary/aromatic N) is 2. The maximum Gasteiger partial charge on any atom is 0.191 e. The minimum absolute atomic E-state index is 0. The average Bonchev–Trinajstić information content (AvgIpc) is 2.68. The number of halogens is 3. The number of likely N-dealkylation sites (N-methyl/N-ethyl adjacent to an activating group) is 1. The lowest BCUT2D eigenvalue weighted by molar-refractivity contribution is 0.287. The Bertz CT molecular complexity index is 802. The summed E-state index contributed by atoms with van der Waals surface area (Å²) in [5.74, 6) is 0.397. The number of nitrogens with one attached hydrogen (secondary N) is 2. The molecule has 8 heteroatoms. The van der Waals surface area contributed by atoms with Crippen LogP contribution >= 0.6 is 24.0 Å². The van der Waals surface area contributed by atoms with Crippen LogP contribution in [0, 0.1) is 11.6 Å². The molecule has 0 heterocycles. The molecular formula is C21H29F2IN4O. The second kappa shape index (κ2) is 12.6. The van der Waals surface area contributed by atoms with E-state index in [2.05, 4.69) is 20.5 Å². The molecule has 5 nitrogen and oxygen atoms in total. The van der Waals surface area contributed by atoms with Crippen molar-refractivity contribution in [1.82, 2.24) is 15.5 Å². The normalized spacial score (nSPS) is 12.3. The molecule has 0 fully saturated rings. The molecule has 0 bridgehead atoms. The number of guanidine groups is 1. The third kappa shape index (κ3) is 7.43. The Hall–Kier alpha value is -1.94. The highest BCUT2D eigenvalue weighted by atomic mass is 127.